The second-order valence-electron chi connectivity index (χ2n) is 7.33. The Morgan fingerprint density at radius 1 is 1.23 bits per heavy atom. The van der Waals surface area contributed by atoms with Crippen LogP contribution in [0.3, 0.4) is 0 Å². The predicted molar refractivity (Wildman–Crippen MR) is 120 cm³/mol. The van der Waals surface area contributed by atoms with E-state index in [1.807, 2.05) is 54.6 Å². The van der Waals surface area contributed by atoms with Gasteiger partial charge < -0.3 is 21.2 Å². The third-order valence-electron chi connectivity index (χ3n) is 5.27. The number of aromatic nitrogens is 2. The second kappa shape index (κ2) is 9.44. The van der Waals surface area contributed by atoms with Gasteiger partial charge in [0, 0.05) is 19.2 Å². The Labute approximate surface area is 181 Å². The number of piperidine rings is 1. The van der Waals surface area contributed by atoms with Gasteiger partial charge in [0.25, 0.3) is 0 Å². The standard InChI is InChI=1S/C23H26N6O2/c1-25-27-23(24)21-20(15-30)29(17-6-5-13-26-14-17)28-22(21)16-9-11-19(12-10-16)31-18-7-3-2-4-8-18/h2-4,7-12,15,17,25-26H,5-6,13-14H2,1H3,(H2,24,27). The Bertz CT molecular complexity index is 1050. The van der Waals surface area contributed by atoms with E-state index in [1.54, 1.807) is 11.7 Å². The number of hydrogen-bond acceptors (Lipinski definition) is 6. The normalized spacial score (nSPS) is 16.7. The average molecular weight is 419 g/mol. The molecule has 8 nitrogen and oxygen atoms in total. The fraction of sp³-hybridized carbons (Fsp3) is 0.261. The molecule has 31 heavy (non-hydrogen) atoms. The summed E-state index contributed by atoms with van der Waals surface area (Å²) in [7, 11) is 1.66. The number of nitrogens with two attached hydrogens (primary N) is 1. The molecule has 3 aromatic rings. The quantitative estimate of drug-likeness (QED) is 0.236. The fourth-order valence-corrected chi connectivity index (χ4v) is 3.82. The Hall–Kier alpha value is -3.65. The summed E-state index contributed by atoms with van der Waals surface area (Å²) >= 11 is 0. The molecular formula is C23H26N6O2. The van der Waals surface area contributed by atoms with Gasteiger partial charge in [-0.25, -0.2) is 0 Å². The molecule has 0 amide bonds. The predicted octanol–water partition coefficient (Wildman–Crippen LogP) is 2.92. The highest BCUT2D eigenvalue weighted by molar-refractivity contribution is 6.07. The lowest BCUT2D eigenvalue weighted by molar-refractivity contribution is 0.111. The molecule has 4 rings (SSSR count). The summed E-state index contributed by atoms with van der Waals surface area (Å²) in [6.45, 7) is 1.73. The molecule has 1 saturated heterocycles. The van der Waals surface area contributed by atoms with E-state index in [0.29, 0.717) is 22.7 Å². The molecule has 0 bridgehead atoms. The summed E-state index contributed by atoms with van der Waals surface area (Å²) in [4.78, 5) is 12.1. The lowest BCUT2D eigenvalue weighted by Gasteiger charge is -2.24. The van der Waals surface area contributed by atoms with Gasteiger partial charge in [-0.3, -0.25) is 9.48 Å². The third kappa shape index (κ3) is 4.44. The molecule has 1 atom stereocenters. The molecular weight excluding hydrogens is 392 g/mol. The van der Waals surface area contributed by atoms with E-state index < -0.39 is 0 Å². The number of amidine groups is 1. The molecule has 1 unspecified atom stereocenters. The lowest BCUT2D eigenvalue weighted by atomic mass is 10.0. The minimum absolute atomic E-state index is 0.0875. The number of hydrogen-bond donors (Lipinski definition) is 3. The summed E-state index contributed by atoms with van der Waals surface area (Å²) in [6, 6.07) is 17.2. The van der Waals surface area contributed by atoms with E-state index in [1.165, 1.54) is 0 Å². The minimum atomic E-state index is 0.0875. The van der Waals surface area contributed by atoms with Crippen molar-refractivity contribution in [3.8, 4) is 22.8 Å². The van der Waals surface area contributed by atoms with Gasteiger partial charge in [-0.1, -0.05) is 18.2 Å². The van der Waals surface area contributed by atoms with E-state index in [4.69, 9.17) is 15.6 Å². The summed E-state index contributed by atoms with van der Waals surface area (Å²) in [6.07, 6.45) is 2.78. The van der Waals surface area contributed by atoms with Crippen molar-refractivity contribution in [2.45, 2.75) is 18.9 Å². The molecule has 8 heteroatoms. The molecule has 0 aliphatic carbocycles. The molecule has 2 aromatic carbocycles. The Morgan fingerprint density at radius 2 is 1.97 bits per heavy atom. The molecule has 4 N–H and O–H groups in total. The number of carbonyl (C=O) groups is 1. The number of aldehydes is 1. The van der Waals surface area contributed by atoms with Gasteiger partial charge in [0.2, 0.25) is 0 Å². The molecule has 2 heterocycles. The molecule has 0 radical (unpaired) electrons. The van der Waals surface area contributed by atoms with E-state index in [9.17, 15) is 4.79 Å². The van der Waals surface area contributed by atoms with Crippen LogP contribution >= 0.6 is 0 Å². The van der Waals surface area contributed by atoms with Crippen molar-refractivity contribution in [2.24, 2.45) is 10.8 Å². The summed E-state index contributed by atoms with van der Waals surface area (Å²) in [5, 5.41) is 12.3. The smallest absolute Gasteiger partial charge is 0.168 e. The van der Waals surface area contributed by atoms with Crippen LogP contribution in [0, 0.1) is 0 Å². The van der Waals surface area contributed by atoms with E-state index in [0.717, 1.165) is 43.5 Å². The highest BCUT2D eigenvalue weighted by Crippen LogP contribution is 2.31. The van der Waals surface area contributed by atoms with Crippen molar-refractivity contribution < 1.29 is 9.53 Å². The first-order valence-corrected chi connectivity index (χ1v) is 10.3. The van der Waals surface area contributed by atoms with Crippen molar-refractivity contribution in [1.29, 1.82) is 0 Å². The number of carbonyl (C=O) groups excluding carboxylic acids is 1. The van der Waals surface area contributed by atoms with Gasteiger partial charge in [0.05, 0.1) is 11.6 Å². The maximum Gasteiger partial charge on any atom is 0.168 e. The first-order valence-electron chi connectivity index (χ1n) is 10.3. The largest absolute Gasteiger partial charge is 0.457 e. The average Bonchev–Trinajstić information content (AvgIpc) is 3.21. The van der Waals surface area contributed by atoms with Crippen molar-refractivity contribution in [3.63, 3.8) is 0 Å². The zero-order valence-electron chi connectivity index (χ0n) is 17.4. The molecule has 1 fully saturated rings. The SMILES string of the molecule is CN/N=C(/N)c1c(-c2ccc(Oc3ccccc3)cc2)nn(C2CCCNC2)c1C=O. The van der Waals surface area contributed by atoms with Crippen LogP contribution in [0.2, 0.25) is 0 Å². The lowest BCUT2D eigenvalue weighted by Crippen LogP contribution is -2.33. The van der Waals surface area contributed by atoms with Crippen LogP contribution in [0.4, 0.5) is 0 Å². The zero-order chi connectivity index (χ0) is 21.6. The number of ether oxygens (including phenoxy) is 1. The maximum absolute atomic E-state index is 12.1. The van der Waals surface area contributed by atoms with Crippen LogP contribution < -0.4 is 21.2 Å². The van der Waals surface area contributed by atoms with Crippen LogP contribution in [0.15, 0.2) is 59.7 Å². The van der Waals surface area contributed by atoms with E-state index >= 15 is 0 Å². The van der Waals surface area contributed by atoms with Gasteiger partial charge in [0.15, 0.2) is 12.1 Å². The van der Waals surface area contributed by atoms with Crippen molar-refractivity contribution in [2.75, 3.05) is 20.1 Å². The molecule has 1 aromatic heterocycles. The van der Waals surface area contributed by atoms with Crippen LogP contribution in [-0.4, -0.2) is 42.0 Å². The number of nitrogens with zero attached hydrogens (tertiary/aromatic N) is 3. The van der Waals surface area contributed by atoms with Gasteiger partial charge >= 0.3 is 0 Å². The van der Waals surface area contributed by atoms with Crippen LogP contribution in [0.5, 0.6) is 11.5 Å². The highest BCUT2D eigenvalue weighted by atomic mass is 16.5. The Balaban J connectivity index is 1.73. The minimum Gasteiger partial charge on any atom is -0.457 e. The first-order chi connectivity index (χ1) is 15.2. The van der Waals surface area contributed by atoms with Crippen LogP contribution in [0.25, 0.3) is 11.3 Å². The van der Waals surface area contributed by atoms with Gasteiger partial charge in [-0.05, 0) is 55.8 Å². The summed E-state index contributed by atoms with van der Waals surface area (Å²) < 4.78 is 7.67. The Kier molecular flexibility index (Phi) is 6.28. The summed E-state index contributed by atoms with van der Waals surface area (Å²) in [5.41, 5.74) is 11.3. The molecule has 1 aliphatic heterocycles. The molecule has 160 valence electrons. The summed E-state index contributed by atoms with van der Waals surface area (Å²) in [5.74, 6) is 1.69. The molecule has 1 aliphatic rings. The van der Waals surface area contributed by atoms with Crippen molar-refractivity contribution in [1.82, 2.24) is 20.5 Å². The van der Waals surface area contributed by atoms with Crippen LogP contribution in [-0.2, 0) is 0 Å². The van der Waals surface area contributed by atoms with Crippen LogP contribution in [0.1, 0.15) is 34.9 Å². The monoisotopic (exact) mass is 418 g/mol. The Morgan fingerprint density at radius 3 is 2.61 bits per heavy atom. The van der Waals surface area contributed by atoms with Crippen molar-refractivity contribution >= 4 is 12.1 Å². The zero-order valence-corrected chi connectivity index (χ0v) is 17.4. The highest BCUT2D eigenvalue weighted by Gasteiger charge is 2.26. The topological polar surface area (TPSA) is 107 Å². The van der Waals surface area contributed by atoms with Gasteiger partial charge in [0.1, 0.15) is 22.9 Å². The first kappa shape index (κ1) is 20.6. The van der Waals surface area contributed by atoms with Gasteiger partial charge in [-0.2, -0.15) is 10.2 Å². The van der Waals surface area contributed by atoms with E-state index in [-0.39, 0.29) is 11.9 Å². The van der Waals surface area contributed by atoms with Crippen molar-refractivity contribution in [3.05, 3.63) is 65.9 Å². The third-order valence-corrected chi connectivity index (χ3v) is 5.27. The number of nitrogens with one attached hydrogen (secondary N) is 2. The second-order valence-corrected chi connectivity index (χ2v) is 7.33. The number of hydrazone groups is 1. The number of benzene rings is 2. The van der Waals surface area contributed by atoms with E-state index in [2.05, 4.69) is 15.8 Å². The molecule has 0 saturated carbocycles. The maximum atomic E-state index is 12.1. The molecule has 0 spiro atoms. The number of para-hydroxylation sites is 1. The van der Waals surface area contributed by atoms with Gasteiger partial charge in [-0.15, -0.1) is 0 Å². The number of rotatable bonds is 7. The fourth-order valence-electron chi connectivity index (χ4n) is 3.82.